The van der Waals surface area contributed by atoms with Crippen molar-refractivity contribution in [3.8, 4) is 0 Å². The minimum Gasteiger partial charge on any atom is -0.395 e. The predicted octanol–water partition coefficient (Wildman–Crippen LogP) is -0.312. The molecule has 0 spiro atoms. The van der Waals surface area contributed by atoms with Crippen LogP contribution in [0.1, 0.15) is 20.3 Å². The highest BCUT2D eigenvalue weighted by atomic mass is 32.2. The number of anilines is 1. The first-order chi connectivity index (χ1) is 8.27. The van der Waals surface area contributed by atoms with Gasteiger partial charge in [0.25, 0.3) is 10.0 Å². The summed E-state index contributed by atoms with van der Waals surface area (Å²) in [5.41, 5.74) is 5.53. The summed E-state index contributed by atoms with van der Waals surface area (Å²) >= 11 is 0. The molecule has 8 heteroatoms. The molecule has 0 fully saturated rings. The summed E-state index contributed by atoms with van der Waals surface area (Å²) in [7, 11) is -2.22. The van der Waals surface area contributed by atoms with Gasteiger partial charge in [-0.25, -0.2) is 18.1 Å². The third kappa shape index (κ3) is 3.44. The van der Waals surface area contributed by atoms with Gasteiger partial charge in [-0.3, -0.25) is 0 Å². The van der Waals surface area contributed by atoms with Crippen molar-refractivity contribution in [2.45, 2.75) is 31.3 Å². The highest BCUT2D eigenvalue weighted by molar-refractivity contribution is 7.89. The Kier molecular flexibility index (Phi) is 4.71. The van der Waals surface area contributed by atoms with Crippen LogP contribution in [0, 0.1) is 5.92 Å². The smallest absolute Gasteiger partial charge is 0.260 e. The Balaban J connectivity index is 2.94. The molecule has 0 aliphatic heterocycles. The summed E-state index contributed by atoms with van der Waals surface area (Å²) in [5, 5.41) is 9.11. The second kappa shape index (κ2) is 5.68. The van der Waals surface area contributed by atoms with Crippen LogP contribution in [0.25, 0.3) is 0 Å². The molecular weight excluding hydrogens is 256 g/mol. The lowest BCUT2D eigenvalue weighted by Crippen LogP contribution is -2.39. The van der Waals surface area contributed by atoms with Gasteiger partial charge in [0.05, 0.1) is 12.9 Å². The lowest BCUT2D eigenvalue weighted by atomic mass is 10.1. The van der Waals surface area contributed by atoms with E-state index in [0.29, 0.717) is 6.42 Å². The van der Waals surface area contributed by atoms with Gasteiger partial charge in [0.15, 0.2) is 10.8 Å². The summed E-state index contributed by atoms with van der Waals surface area (Å²) < 4.78 is 28.0. The minimum atomic E-state index is -3.77. The number of hydrogen-bond donors (Lipinski definition) is 3. The Morgan fingerprint density at radius 3 is 2.56 bits per heavy atom. The van der Waals surface area contributed by atoms with Crippen LogP contribution >= 0.6 is 0 Å². The fraction of sp³-hybridized carbons (Fsp3) is 0.700. The number of imidazole rings is 1. The summed E-state index contributed by atoms with van der Waals surface area (Å²) in [6, 6.07) is -0.524. The van der Waals surface area contributed by atoms with Gasteiger partial charge in [0.2, 0.25) is 0 Å². The summed E-state index contributed by atoms with van der Waals surface area (Å²) in [5.74, 6) is 0.222. The fourth-order valence-corrected chi connectivity index (χ4v) is 3.24. The van der Waals surface area contributed by atoms with Gasteiger partial charge in [-0.15, -0.1) is 0 Å². The molecule has 0 aromatic carbocycles. The van der Waals surface area contributed by atoms with Crippen molar-refractivity contribution in [3.05, 3.63) is 6.33 Å². The van der Waals surface area contributed by atoms with E-state index in [1.54, 1.807) is 7.05 Å². The quantitative estimate of drug-likeness (QED) is 0.660. The molecule has 0 aliphatic carbocycles. The third-order valence-corrected chi connectivity index (χ3v) is 4.11. The topological polar surface area (TPSA) is 110 Å². The maximum atomic E-state index is 12.1. The van der Waals surface area contributed by atoms with E-state index >= 15 is 0 Å². The fourth-order valence-electron chi connectivity index (χ4n) is 1.77. The van der Waals surface area contributed by atoms with E-state index in [2.05, 4.69) is 9.71 Å². The van der Waals surface area contributed by atoms with E-state index in [1.807, 2.05) is 13.8 Å². The van der Waals surface area contributed by atoms with Crippen LogP contribution in [0.2, 0.25) is 0 Å². The third-order valence-electron chi connectivity index (χ3n) is 2.46. The highest BCUT2D eigenvalue weighted by Gasteiger charge is 2.25. The van der Waals surface area contributed by atoms with Gasteiger partial charge < -0.3 is 15.4 Å². The Morgan fingerprint density at radius 2 is 2.17 bits per heavy atom. The maximum absolute atomic E-state index is 12.1. The molecule has 0 bridgehead atoms. The van der Waals surface area contributed by atoms with E-state index < -0.39 is 16.1 Å². The molecule has 1 unspecified atom stereocenters. The van der Waals surface area contributed by atoms with Gasteiger partial charge in [-0.05, 0) is 12.3 Å². The molecule has 1 aromatic heterocycles. The van der Waals surface area contributed by atoms with Gasteiger partial charge in [-0.2, -0.15) is 0 Å². The highest BCUT2D eigenvalue weighted by Crippen LogP contribution is 2.16. The number of hydrogen-bond acceptors (Lipinski definition) is 5. The lowest BCUT2D eigenvalue weighted by molar-refractivity contribution is 0.240. The molecule has 1 rings (SSSR count). The second-order valence-corrected chi connectivity index (χ2v) is 6.31. The molecule has 0 amide bonds. The van der Waals surface area contributed by atoms with Gasteiger partial charge >= 0.3 is 0 Å². The molecule has 7 nitrogen and oxygen atoms in total. The van der Waals surface area contributed by atoms with E-state index in [9.17, 15) is 13.5 Å². The first kappa shape index (κ1) is 14.9. The first-order valence-corrected chi connectivity index (χ1v) is 7.16. The number of rotatable bonds is 6. The van der Waals surface area contributed by atoms with Gasteiger partial charge in [0.1, 0.15) is 0 Å². The number of nitrogen functional groups attached to an aromatic ring is 1. The molecule has 0 saturated heterocycles. The van der Waals surface area contributed by atoms with Gasteiger partial charge in [-0.1, -0.05) is 13.8 Å². The lowest BCUT2D eigenvalue weighted by Gasteiger charge is -2.18. The van der Waals surface area contributed by atoms with Crippen molar-refractivity contribution in [1.29, 1.82) is 0 Å². The SMILES string of the molecule is CC(C)CC(CO)NS(=O)(=O)c1c(N)ncn1C. The van der Waals surface area contributed by atoms with E-state index in [0.717, 1.165) is 0 Å². The Morgan fingerprint density at radius 1 is 1.56 bits per heavy atom. The Bertz CT molecular complexity index is 476. The van der Waals surface area contributed by atoms with Crippen molar-refractivity contribution in [2.24, 2.45) is 13.0 Å². The van der Waals surface area contributed by atoms with Crippen LogP contribution in [0.4, 0.5) is 5.82 Å². The van der Waals surface area contributed by atoms with Crippen LogP contribution in [-0.4, -0.2) is 35.7 Å². The zero-order valence-corrected chi connectivity index (χ0v) is 11.6. The number of nitrogens with one attached hydrogen (secondary N) is 1. The summed E-state index contributed by atoms with van der Waals surface area (Å²) in [6.07, 6.45) is 1.88. The first-order valence-electron chi connectivity index (χ1n) is 5.68. The number of aliphatic hydroxyl groups is 1. The van der Waals surface area contributed by atoms with Crippen LogP contribution in [-0.2, 0) is 17.1 Å². The average molecular weight is 276 g/mol. The van der Waals surface area contributed by atoms with Gasteiger partial charge in [0, 0.05) is 13.1 Å². The second-order valence-electron chi connectivity index (χ2n) is 4.68. The zero-order chi connectivity index (χ0) is 13.9. The molecule has 0 radical (unpaired) electrons. The zero-order valence-electron chi connectivity index (χ0n) is 10.8. The van der Waals surface area contributed by atoms with Crippen molar-refractivity contribution < 1.29 is 13.5 Å². The van der Waals surface area contributed by atoms with Crippen LogP contribution < -0.4 is 10.5 Å². The molecule has 1 atom stereocenters. The largest absolute Gasteiger partial charge is 0.395 e. The molecule has 104 valence electrons. The van der Waals surface area contributed by atoms with Crippen molar-refractivity contribution in [3.63, 3.8) is 0 Å². The average Bonchev–Trinajstić information content (AvgIpc) is 2.56. The Labute approximate surface area is 107 Å². The molecule has 0 aliphatic rings. The Hall–Kier alpha value is -1.12. The molecule has 4 N–H and O–H groups in total. The molecule has 18 heavy (non-hydrogen) atoms. The predicted molar refractivity (Wildman–Crippen MR) is 68.3 cm³/mol. The molecular formula is C10H20N4O3S. The molecule has 1 aromatic rings. The standard InChI is InChI=1S/C10H20N4O3S/c1-7(2)4-8(5-15)13-18(16,17)10-9(11)12-6-14(10)3/h6-8,13,15H,4-5,11H2,1-3H3. The van der Waals surface area contributed by atoms with E-state index in [-0.39, 0.29) is 23.4 Å². The number of aryl methyl sites for hydroxylation is 1. The van der Waals surface area contributed by atoms with E-state index in [4.69, 9.17) is 5.73 Å². The van der Waals surface area contributed by atoms with Crippen LogP contribution in [0.3, 0.4) is 0 Å². The number of aromatic nitrogens is 2. The van der Waals surface area contributed by atoms with Crippen molar-refractivity contribution >= 4 is 15.8 Å². The van der Waals surface area contributed by atoms with E-state index in [1.165, 1.54) is 10.9 Å². The number of sulfonamides is 1. The van der Waals surface area contributed by atoms with Crippen molar-refractivity contribution in [2.75, 3.05) is 12.3 Å². The number of aliphatic hydroxyl groups excluding tert-OH is 1. The summed E-state index contributed by atoms with van der Waals surface area (Å²) in [4.78, 5) is 3.74. The minimum absolute atomic E-state index is 0.0498. The molecule has 0 saturated carbocycles. The summed E-state index contributed by atoms with van der Waals surface area (Å²) in [6.45, 7) is 3.65. The monoisotopic (exact) mass is 276 g/mol. The normalized spacial score (nSPS) is 14.1. The maximum Gasteiger partial charge on any atom is 0.260 e. The number of nitrogens with two attached hydrogens (primary N) is 1. The van der Waals surface area contributed by atoms with Crippen LogP contribution in [0.15, 0.2) is 11.4 Å². The van der Waals surface area contributed by atoms with Crippen LogP contribution in [0.5, 0.6) is 0 Å². The van der Waals surface area contributed by atoms with Crippen molar-refractivity contribution in [1.82, 2.24) is 14.3 Å². The molecule has 1 heterocycles. The number of nitrogens with zero attached hydrogens (tertiary/aromatic N) is 2.